The van der Waals surface area contributed by atoms with Gasteiger partial charge in [-0.05, 0) is 43.0 Å². The van der Waals surface area contributed by atoms with Crippen LogP contribution in [0.2, 0.25) is 0 Å². The molecule has 0 bridgehead atoms. The number of nitrogens with two attached hydrogens (primary N) is 1. The first-order valence-electron chi connectivity index (χ1n) is 7.10. The van der Waals surface area contributed by atoms with Crippen LogP contribution in [-0.2, 0) is 11.2 Å². The van der Waals surface area contributed by atoms with Crippen LogP contribution in [0.1, 0.15) is 28.8 Å². The van der Waals surface area contributed by atoms with E-state index in [9.17, 15) is 9.59 Å². The summed E-state index contributed by atoms with van der Waals surface area (Å²) in [5.74, 6) is -0.272. The minimum atomic E-state index is -0.249. The first-order chi connectivity index (χ1) is 9.65. The van der Waals surface area contributed by atoms with Gasteiger partial charge in [-0.3, -0.25) is 9.59 Å². The number of likely N-dealkylation sites (tertiary alicyclic amines) is 1. The first kappa shape index (κ1) is 13.0. The molecule has 20 heavy (non-hydrogen) atoms. The minimum Gasteiger partial charge on any atom is -0.384 e. The van der Waals surface area contributed by atoms with E-state index >= 15 is 0 Å². The van der Waals surface area contributed by atoms with Gasteiger partial charge in [0.05, 0.1) is 0 Å². The van der Waals surface area contributed by atoms with Gasteiger partial charge in [-0.15, -0.1) is 0 Å². The second-order valence-corrected chi connectivity index (χ2v) is 5.52. The van der Waals surface area contributed by atoms with E-state index in [-0.39, 0.29) is 17.7 Å². The first-order valence-corrected chi connectivity index (χ1v) is 7.10. The van der Waals surface area contributed by atoms with E-state index in [0.717, 1.165) is 24.2 Å². The Bertz CT molecular complexity index is 548. The summed E-state index contributed by atoms with van der Waals surface area (Å²) < 4.78 is 0. The van der Waals surface area contributed by atoms with Gasteiger partial charge in [0.15, 0.2) is 0 Å². The molecule has 0 spiro atoms. The summed E-state index contributed by atoms with van der Waals surface area (Å²) in [6.45, 7) is 2.17. The van der Waals surface area contributed by atoms with E-state index in [0.29, 0.717) is 25.9 Å². The van der Waals surface area contributed by atoms with Crippen molar-refractivity contribution in [3.63, 3.8) is 0 Å². The summed E-state index contributed by atoms with van der Waals surface area (Å²) in [7, 11) is 0. The molecule has 2 amide bonds. The van der Waals surface area contributed by atoms with Crippen LogP contribution in [0.5, 0.6) is 0 Å². The second kappa shape index (κ2) is 5.15. The lowest BCUT2D eigenvalue weighted by Gasteiger charge is -2.30. The van der Waals surface area contributed by atoms with Crippen molar-refractivity contribution in [1.29, 1.82) is 0 Å². The maximum Gasteiger partial charge on any atom is 0.253 e. The van der Waals surface area contributed by atoms with Crippen molar-refractivity contribution in [1.82, 2.24) is 4.90 Å². The summed E-state index contributed by atoms with van der Waals surface area (Å²) in [5.41, 5.74) is 8.40. The van der Waals surface area contributed by atoms with Crippen LogP contribution in [0.15, 0.2) is 18.2 Å². The Hall–Kier alpha value is -2.04. The number of rotatable bonds is 2. The largest absolute Gasteiger partial charge is 0.384 e. The van der Waals surface area contributed by atoms with Gasteiger partial charge in [0, 0.05) is 36.8 Å². The number of nitrogens with one attached hydrogen (secondary N) is 1. The number of carbonyl (C=O) groups is 2. The Balaban J connectivity index is 1.69. The molecule has 2 heterocycles. The van der Waals surface area contributed by atoms with Crippen molar-refractivity contribution in [2.24, 2.45) is 11.7 Å². The highest BCUT2D eigenvalue weighted by atomic mass is 16.2. The lowest BCUT2D eigenvalue weighted by molar-refractivity contribution is -0.123. The fraction of sp³-hybridized carbons (Fsp3) is 0.467. The number of benzene rings is 1. The molecule has 5 heteroatoms. The Morgan fingerprint density at radius 2 is 2.00 bits per heavy atom. The molecular weight excluding hydrogens is 254 g/mol. The fourth-order valence-corrected chi connectivity index (χ4v) is 2.99. The number of anilines is 1. The molecule has 2 aliphatic rings. The van der Waals surface area contributed by atoms with Crippen molar-refractivity contribution >= 4 is 17.5 Å². The number of carbonyl (C=O) groups excluding carboxylic acids is 2. The lowest BCUT2D eigenvalue weighted by Crippen LogP contribution is -2.41. The molecule has 0 aromatic heterocycles. The predicted octanol–water partition coefficient (Wildman–Crippen LogP) is 0.992. The Morgan fingerprint density at radius 1 is 1.25 bits per heavy atom. The number of fused-ring (bicyclic) bond motifs is 1. The summed E-state index contributed by atoms with van der Waals surface area (Å²) in [5, 5.41) is 3.29. The summed E-state index contributed by atoms with van der Waals surface area (Å²) in [4.78, 5) is 25.4. The molecule has 1 aromatic rings. The van der Waals surface area contributed by atoms with Gasteiger partial charge in [-0.1, -0.05) is 0 Å². The average Bonchev–Trinajstić information content (AvgIpc) is 2.94. The monoisotopic (exact) mass is 273 g/mol. The fourth-order valence-electron chi connectivity index (χ4n) is 2.99. The number of primary amides is 1. The number of nitrogens with zero attached hydrogens (tertiary/aromatic N) is 1. The van der Waals surface area contributed by atoms with Crippen molar-refractivity contribution < 1.29 is 9.59 Å². The SMILES string of the molecule is NC(=O)C1CCN(C(=O)c2ccc3c(c2)CCN3)CC1. The molecule has 2 aliphatic heterocycles. The zero-order chi connectivity index (χ0) is 14.1. The molecule has 1 saturated heterocycles. The maximum atomic E-state index is 12.5. The van der Waals surface area contributed by atoms with Crippen molar-refractivity contribution in [2.45, 2.75) is 19.3 Å². The zero-order valence-electron chi connectivity index (χ0n) is 11.4. The van der Waals surface area contributed by atoms with Gasteiger partial charge in [0.2, 0.25) is 5.91 Å². The number of piperidine rings is 1. The van der Waals surface area contributed by atoms with Crippen molar-refractivity contribution in [2.75, 3.05) is 25.0 Å². The van der Waals surface area contributed by atoms with E-state index in [2.05, 4.69) is 5.32 Å². The topological polar surface area (TPSA) is 75.4 Å². The molecule has 1 aromatic carbocycles. The third kappa shape index (κ3) is 2.35. The smallest absolute Gasteiger partial charge is 0.253 e. The van der Waals surface area contributed by atoms with Gasteiger partial charge in [0.25, 0.3) is 5.91 Å². The number of hydrogen-bond donors (Lipinski definition) is 2. The molecule has 0 radical (unpaired) electrons. The molecule has 0 saturated carbocycles. The van der Waals surface area contributed by atoms with Gasteiger partial charge < -0.3 is 16.0 Å². The van der Waals surface area contributed by atoms with Crippen molar-refractivity contribution in [3.05, 3.63) is 29.3 Å². The van der Waals surface area contributed by atoms with Crippen LogP contribution in [0, 0.1) is 5.92 Å². The van der Waals surface area contributed by atoms with Crippen molar-refractivity contribution in [3.8, 4) is 0 Å². The van der Waals surface area contributed by atoms with Gasteiger partial charge in [-0.25, -0.2) is 0 Å². The van der Waals surface area contributed by atoms with Crippen LogP contribution in [0.3, 0.4) is 0 Å². The van der Waals surface area contributed by atoms with Crippen LogP contribution in [0.4, 0.5) is 5.69 Å². The summed E-state index contributed by atoms with van der Waals surface area (Å²) in [6, 6.07) is 5.84. The molecule has 0 atom stereocenters. The van der Waals surface area contributed by atoms with Gasteiger partial charge >= 0.3 is 0 Å². The van der Waals surface area contributed by atoms with Crippen LogP contribution < -0.4 is 11.1 Å². The molecule has 106 valence electrons. The average molecular weight is 273 g/mol. The molecule has 3 N–H and O–H groups in total. The lowest BCUT2D eigenvalue weighted by atomic mass is 9.95. The zero-order valence-corrected chi connectivity index (χ0v) is 11.4. The highest BCUT2D eigenvalue weighted by molar-refractivity contribution is 5.95. The van der Waals surface area contributed by atoms with Crippen LogP contribution >= 0.6 is 0 Å². The van der Waals surface area contributed by atoms with E-state index in [1.807, 2.05) is 23.1 Å². The maximum absolute atomic E-state index is 12.5. The minimum absolute atomic E-state index is 0.0580. The molecular formula is C15H19N3O2. The van der Waals surface area contributed by atoms with E-state index < -0.39 is 0 Å². The van der Waals surface area contributed by atoms with Gasteiger partial charge in [0.1, 0.15) is 0 Å². The Morgan fingerprint density at radius 3 is 2.70 bits per heavy atom. The highest BCUT2D eigenvalue weighted by Crippen LogP contribution is 2.25. The number of hydrogen-bond acceptors (Lipinski definition) is 3. The van der Waals surface area contributed by atoms with Gasteiger partial charge in [-0.2, -0.15) is 0 Å². The van der Waals surface area contributed by atoms with Crippen LogP contribution in [0.25, 0.3) is 0 Å². The van der Waals surface area contributed by atoms with E-state index in [4.69, 9.17) is 5.73 Å². The quantitative estimate of drug-likeness (QED) is 0.844. The molecule has 3 rings (SSSR count). The van der Waals surface area contributed by atoms with E-state index in [1.165, 1.54) is 5.56 Å². The van der Waals surface area contributed by atoms with E-state index in [1.54, 1.807) is 0 Å². The Labute approximate surface area is 118 Å². The third-order valence-electron chi connectivity index (χ3n) is 4.25. The molecule has 5 nitrogen and oxygen atoms in total. The number of amides is 2. The summed E-state index contributed by atoms with van der Waals surface area (Å²) >= 11 is 0. The standard InChI is InChI=1S/C15H19N3O2/c16-14(19)10-4-7-18(8-5-10)15(20)12-1-2-13-11(9-12)3-6-17-13/h1-2,9-10,17H,3-8H2,(H2,16,19). The molecule has 0 unspecified atom stereocenters. The molecule has 1 fully saturated rings. The predicted molar refractivity (Wildman–Crippen MR) is 76.5 cm³/mol. The molecule has 0 aliphatic carbocycles. The Kier molecular flexibility index (Phi) is 3.34. The normalized spacial score (nSPS) is 18.5. The summed E-state index contributed by atoms with van der Waals surface area (Å²) in [6.07, 6.45) is 2.32. The van der Waals surface area contributed by atoms with Crippen LogP contribution in [-0.4, -0.2) is 36.3 Å². The third-order valence-corrected chi connectivity index (χ3v) is 4.25. The second-order valence-electron chi connectivity index (χ2n) is 5.52. The highest BCUT2D eigenvalue weighted by Gasteiger charge is 2.26.